The lowest BCUT2D eigenvalue weighted by atomic mass is 10.2. The second kappa shape index (κ2) is 9.27. The predicted octanol–water partition coefficient (Wildman–Crippen LogP) is 4.41. The molecule has 1 aromatic heterocycles. The van der Waals surface area contributed by atoms with Crippen LogP contribution in [0.3, 0.4) is 0 Å². The zero-order valence-corrected chi connectivity index (χ0v) is 15.8. The van der Waals surface area contributed by atoms with Crippen LogP contribution in [0.2, 0.25) is 0 Å². The van der Waals surface area contributed by atoms with Crippen LogP contribution in [0, 0.1) is 13.8 Å². The van der Waals surface area contributed by atoms with E-state index >= 15 is 0 Å². The van der Waals surface area contributed by atoms with Crippen LogP contribution in [0.1, 0.15) is 25.7 Å². The van der Waals surface area contributed by atoms with Crippen molar-refractivity contribution in [2.24, 2.45) is 0 Å². The van der Waals surface area contributed by atoms with Gasteiger partial charge in [-0.15, -0.1) is 11.3 Å². The highest BCUT2D eigenvalue weighted by Gasteiger charge is 2.14. The summed E-state index contributed by atoms with van der Waals surface area (Å²) >= 11 is 1.50. The highest BCUT2D eigenvalue weighted by molar-refractivity contribution is 7.12. The van der Waals surface area contributed by atoms with Gasteiger partial charge in [0.25, 0.3) is 0 Å². The second-order valence-corrected chi connectivity index (χ2v) is 6.94. The average Bonchev–Trinajstić information content (AvgIpc) is 2.96. The SMILES string of the molecule is COc1cc(/C=C/C(=O)OCC(=O)c2cc(C)sc2C)ccc1OC(F)F. The number of ketones is 1. The first-order chi connectivity index (χ1) is 12.8. The van der Waals surface area contributed by atoms with E-state index in [0.717, 1.165) is 15.8 Å². The number of methoxy groups -OCH3 is 1. The summed E-state index contributed by atoms with van der Waals surface area (Å²) in [6.45, 7) is 0.407. The number of thiophene rings is 1. The van der Waals surface area contributed by atoms with Crippen molar-refractivity contribution in [1.29, 1.82) is 0 Å². The first kappa shape index (κ1) is 20.6. The van der Waals surface area contributed by atoms with Gasteiger partial charge in [-0.25, -0.2) is 4.79 Å². The molecule has 0 aliphatic rings. The summed E-state index contributed by atoms with van der Waals surface area (Å²) in [5.74, 6) is -0.975. The summed E-state index contributed by atoms with van der Waals surface area (Å²) in [5, 5.41) is 0. The number of Topliss-reactive ketones (excluding diaryl/α,β-unsaturated/α-hetero) is 1. The molecule has 2 rings (SSSR count). The second-order valence-electron chi connectivity index (χ2n) is 5.48. The number of carbonyl (C=O) groups excluding carboxylic acids is 2. The van der Waals surface area contributed by atoms with Crippen LogP contribution in [0.25, 0.3) is 6.08 Å². The Labute approximate surface area is 159 Å². The van der Waals surface area contributed by atoms with E-state index in [1.165, 1.54) is 42.7 Å². The Morgan fingerprint density at radius 1 is 1.19 bits per heavy atom. The molecule has 0 amide bonds. The summed E-state index contributed by atoms with van der Waals surface area (Å²) < 4.78 is 38.9. The van der Waals surface area contributed by atoms with E-state index in [1.54, 1.807) is 6.07 Å². The van der Waals surface area contributed by atoms with Crippen molar-refractivity contribution in [3.05, 3.63) is 51.2 Å². The summed E-state index contributed by atoms with van der Waals surface area (Å²) in [7, 11) is 1.31. The first-order valence-corrected chi connectivity index (χ1v) is 8.69. The smallest absolute Gasteiger partial charge is 0.387 e. The van der Waals surface area contributed by atoms with Crippen LogP contribution < -0.4 is 9.47 Å². The molecule has 27 heavy (non-hydrogen) atoms. The Kier molecular flexibility index (Phi) is 7.06. The van der Waals surface area contributed by atoms with E-state index in [4.69, 9.17) is 9.47 Å². The summed E-state index contributed by atoms with van der Waals surface area (Å²) in [6.07, 6.45) is 2.56. The van der Waals surface area contributed by atoms with Crippen molar-refractivity contribution in [3.8, 4) is 11.5 Å². The molecule has 2 aromatic rings. The molecule has 0 N–H and O–H groups in total. The fourth-order valence-electron chi connectivity index (χ4n) is 2.32. The molecule has 0 atom stereocenters. The summed E-state index contributed by atoms with van der Waals surface area (Å²) in [4.78, 5) is 25.8. The zero-order chi connectivity index (χ0) is 20.0. The molecule has 0 unspecified atom stereocenters. The number of ether oxygens (including phenoxy) is 3. The maximum Gasteiger partial charge on any atom is 0.387 e. The van der Waals surface area contributed by atoms with Gasteiger partial charge in [0.05, 0.1) is 7.11 Å². The summed E-state index contributed by atoms with van der Waals surface area (Å²) in [5.41, 5.74) is 1.06. The topological polar surface area (TPSA) is 61.8 Å². The number of carbonyl (C=O) groups is 2. The van der Waals surface area contributed by atoms with Crippen LogP contribution in [-0.4, -0.2) is 32.1 Å². The molecule has 0 spiro atoms. The minimum absolute atomic E-state index is 0.101. The molecule has 8 heteroatoms. The minimum Gasteiger partial charge on any atom is -0.493 e. The van der Waals surface area contributed by atoms with Crippen LogP contribution in [0.4, 0.5) is 8.78 Å². The number of hydrogen-bond acceptors (Lipinski definition) is 6. The Morgan fingerprint density at radius 2 is 1.93 bits per heavy atom. The van der Waals surface area contributed by atoms with Gasteiger partial charge in [-0.1, -0.05) is 6.07 Å². The van der Waals surface area contributed by atoms with Crippen molar-refractivity contribution in [2.75, 3.05) is 13.7 Å². The lowest BCUT2D eigenvalue weighted by Crippen LogP contribution is -2.12. The fraction of sp³-hybridized carbons (Fsp3) is 0.263. The number of hydrogen-bond donors (Lipinski definition) is 0. The van der Waals surface area contributed by atoms with E-state index in [-0.39, 0.29) is 23.9 Å². The van der Waals surface area contributed by atoms with Crippen LogP contribution in [0.5, 0.6) is 11.5 Å². The molecule has 0 radical (unpaired) electrons. The monoisotopic (exact) mass is 396 g/mol. The molecule has 0 aliphatic carbocycles. The van der Waals surface area contributed by atoms with E-state index in [2.05, 4.69) is 4.74 Å². The predicted molar refractivity (Wildman–Crippen MR) is 97.7 cm³/mol. The van der Waals surface area contributed by atoms with E-state index in [9.17, 15) is 18.4 Å². The minimum atomic E-state index is -2.97. The lowest BCUT2D eigenvalue weighted by molar-refractivity contribution is -0.136. The molecule has 0 fully saturated rings. The molecule has 5 nitrogen and oxygen atoms in total. The maximum atomic E-state index is 12.3. The third-order valence-corrected chi connectivity index (χ3v) is 4.47. The van der Waals surface area contributed by atoms with Crippen molar-refractivity contribution in [3.63, 3.8) is 0 Å². The Morgan fingerprint density at radius 3 is 2.52 bits per heavy atom. The number of alkyl halides is 2. The first-order valence-electron chi connectivity index (χ1n) is 7.88. The number of aryl methyl sites for hydroxylation is 2. The standard InChI is InChI=1S/C19H18F2O5S/c1-11-8-14(12(2)27-11)15(22)10-25-18(23)7-5-13-4-6-16(26-19(20)21)17(9-13)24-3/h4-9,19H,10H2,1-3H3/b7-5+. The van der Waals surface area contributed by atoms with Gasteiger partial charge in [-0.2, -0.15) is 8.78 Å². The van der Waals surface area contributed by atoms with Crippen molar-refractivity contribution < 1.29 is 32.6 Å². The van der Waals surface area contributed by atoms with E-state index < -0.39 is 12.6 Å². The molecule has 144 valence electrons. The van der Waals surface area contributed by atoms with Gasteiger partial charge < -0.3 is 14.2 Å². The third-order valence-electron chi connectivity index (χ3n) is 3.50. The van der Waals surface area contributed by atoms with Gasteiger partial charge >= 0.3 is 12.6 Å². The molecular weight excluding hydrogens is 378 g/mol. The molecule has 0 saturated carbocycles. The third kappa shape index (κ3) is 5.89. The highest BCUT2D eigenvalue weighted by Crippen LogP contribution is 2.29. The van der Waals surface area contributed by atoms with Crippen LogP contribution in [0.15, 0.2) is 30.3 Å². The van der Waals surface area contributed by atoms with Crippen LogP contribution >= 0.6 is 11.3 Å². The Hall–Kier alpha value is -2.74. The van der Waals surface area contributed by atoms with Gasteiger partial charge in [0.2, 0.25) is 5.78 Å². The molecule has 0 bridgehead atoms. The van der Waals surface area contributed by atoms with Crippen molar-refractivity contribution in [1.82, 2.24) is 0 Å². The summed E-state index contributed by atoms with van der Waals surface area (Å²) in [6, 6.07) is 5.99. The van der Waals surface area contributed by atoms with Crippen molar-refractivity contribution in [2.45, 2.75) is 20.5 Å². The normalized spacial score (nSPS) is 11.0. The number of rotatable bonds is 8. The van der Waals surface area contributed by atoms with Gasteiger partial charge in [0, 0.05) is 21.4 Å². The molecule has 1 heterocycles. The Bertz CT molecular complexity index is 858. The highest BCUT2D eigenvalue weighted by atomic mass is 32.1. The molecule has 1 aromatic carbocycles. The average molecular weight is 396 g/mol. The lowest BCUT2D eigenvalue weighted by Gasteiger charge is -2.10. The largest absolute Gasteiger partial charge is 0.493 e. The van der Waals surface area contributed by atoms with Gasteiger partial charge in [0.1, 0.15) is 0 Å². The maximum absolute atomic E-state index is 12.3. The van der Waals surface area contributed by atoms with Crippen LogP contribution in [-0.2, 0) is 9.53 Å². The zero-order valence-electron chi connectivity index (χ0n) is 15.0. The molecule has 0 saturated heterocycles. The number of halogens is 2. The number of benzene rings is 1. The number of esters is 1. The van der Waals surface area contributed by atoms with Gasteiger partial charge in [-0.05, 0) is 43.7 Å². The Balaban J connectivity index is 1.96. The van der Waals surface area contributed by atoms with Crippen molar-refractivity contribution >= 4 is 29.2 Å². The fourth-order valence-corrected chi connectivity index (χ4v) is 3.26. The molecule has 0 aliphatic heterocycles. The van der Waals surface area contributed by atoms with E-state index in [0.29, 0.717) is 11.1 Å². The molecular formula is C19H18F2O5S. The van der Waals surface area contributed by atoms with Gasteiger partial charge in [0.15, 0.2) is 18.1 Å². The quantitative estimate of drug-likeness (QED) is 0.376. The van der Waals surface area contributed by atoms with Gasteiger partial charge in [-0.3, -0.25) is 4.79 Å². The van der Waals surface area contributed by atoms with E-state index in [1.807, 2.05) is 13.8 Å².